The summed E-state index contributed by atoms with van der Waals surface area (Å²) in [6.07, 6.45) is 3.14. The fourth-order valence-electron chi connectivity index (χ4n) is 3.49. The summed E-state index contributed by atoms with van der Waals surface area (Å²) in [5, 5.41) is 13.4. The maximum Gasteiger partial charge on any atom is 0.320 e. The zero-order chi connectivity index (χ0) is 16.5. The minimum absolute atomic E-state index is 0.0526. The Morgan fingerprint density at radius 3 is 2.79 bits per heavy atom. The summed E-state index contributed by atoms with van der Waals surface area (Å²) in [4.78, 5) is 28.0. The first-order chi connectivity index (χ1) is 11.7. The molecular weight excluding hydrogens is 326 g/mol. The van der Waals surface area contributed by atoms with Gasteiger partial charge in [-0.2, -0.15) is 0 Å². The third kappa shape index (κ3) is 2.91. The number of aliphatic hydroxyl groups is 1. The van der Waals surface area contributed by atoms with Crippen molar-refractivity contribution in [3.8, 4) is 0 Å². The van der Waals surface area contributed by atoms with Crippen LogP contribution in [0.15, 0.2) is 17.8 Å². The first-order valence-corrected chi connectivity index (χ1v) is 9.25. The summed E-state index contributed by atoms with van der Waals surface area (Å²) in [6.45, 7) is 3.78. The smallest absolute Gasteiger partial charge is 0.320 e. The van der Waals surface area contributed by atoms with E-state index in [1.807, 2.05) is 16.3 Å². The average Bonchev–Trinajstić information content (AvgIpc) is 3.24. The van der Waals surface area contributed by atoms with Crippen molar-refractivity contribution in [2.45, 2.75) is 18.9 Å². The second-order valence-electron chi connectivity index (χ2n) is 6.36. The van der Waals surface area contributed by atoms with Gasteiger partial charge in [0.1, 0.15) is 17.0 Å². The molecule has 7 nitrogen and oxygen atoms in total. The van der Waals surface area contributed by atoms with Crippen LogP contribution in [0.3, 0.4) is 0 Å². The van der Waals surface area contributed by atoms with E-state index in [1.165, 1.54) is 0 Å². The molecule has 2 saturated heterocycles. The largest absolute Gasteiger partial charge is 0.389 e. The van der Waals surface area contributed by atoms with Crippen molar-refractivity contribution in [1.82, 2.24) is 19.8 Å². The molecule has 0 aliphatic carbocycles. The molecule has 2 aromatic rings. The highest BCUT2D eigenvalue weighted by Crippen LogP contribution is 2.27. The minimum atomic E-state index is -0.581. The lowest BCUT2D eigenvalue weighted by Gasteiger charge is -2.27. The first-order valence-electron chi connectivity index (χ1n) is 8.37. The van der Waals surface area contributed by atoms with Gasteiger partial charge in [-0.25, -0.2) is 14.8 Å². The number of urea groups is 1. The van der Waals surface area contributed by atoms with E-state index in [0.717, 1.165) is 42.0 Å². The van der Waals surface area contributed by atoms with E-state index in [2.05, 4.69) is 14.9 Å². The van der Waals surface area contributed by atoms with Crippen LogP contribution in [0.1, 0.15) is 12.8 Å². The molecule has 1 unspecified atom stereocenters. The molecule has 2 fully saturated rings. The van der Waals surface area contributed by atoms with Gasteiger partial charge in [0.05, 0.1) is 18.0 Å². The number of hydrogen-bond donors (Lipinski definition) is 1. The maximum absolute atomic E-state index is 12.6. The van der Waals surface area contributed by atoms with Gasteiger partial charge in [-0.15, -0.1) is 11.3 Å². The SMILES string of the molecule is O=C(N1CCCC1)N1CCN(c2ncnc3sccc23)CC(O)C1. The molecule has 2 aliphatic heterocycles. The van der Waals surface area contributed by atoms with Gasteiger partial charge in [-0.1, -0.05) is 0 Å². The number of carbonyl (C=O) groups is 1. The molecule has 8 heteroatoms. The van der Waals surface area contributed by atoms with Gasteiger partial charge in [0.15, 0.2) is 0 Å². The van der Waals surface area contributed by atoms with Gasteiger partial charge in [0, 0.05) is 32.7 Å². The van der Waals surface area contributed by atoms with Crippen LogP contribution in [0.4, 0.5) is 10.6 Å². The lowest BCUT2D eigenvalue weighted by atomic mass is 10.3. The number of anilines is 1. The Bertz CT molecular complexity index is 730. The number of aliphatic hydroxyl groups excluding tert-OH is 1. The highest BCUT2D eigenvalue weighted by atomic mass is 32.1. The molecule has 2 aromatic heterocycles. The van der Waals surface area contributed by atoms with E-state index < -0.39 is 6.10 Å². The number of carbonyl (C=O) groups excluding carboxylic acids is 1. The van der Waals surface area contributed by atoms with Crippen LogP contribution < -0.4 is 4.90 Å². The van der Waals surface area contributed by atoms with E-state index in [-0.39, 0.29) is 6.03 Å². The zero-order valence-corrected chi connectivity index (χ0v) is 14.3. The standard InChI is InChI=1S/C16H21N5O2S/c22-12-9-20(14-13-3-8-24-15(13)18-11-17-14)6-7-21(10-12)16(23)19-4-1-2-5-19/h3,8,11-12,22H,1-2,4-7,9-10H2. The predicted octanol–water partition coefficient (Wildman–Crippen LogP) is 1.39. The summed E-state index contributed by atoms with van der Waals surface area (Å²) in [5.74, 6) is 0.843. The van der Waals surface area contributed by atoms with Crippen LogP contribution in [0, 0.1) is 0 Å². The van der Waals surface area contributed by atoms with Gasteiger partial charge in [-0.05, 0) is 24.3 Å². The van der Waals surface area contributed by atoms with Crippen LogP contribution in [-0.4, -0.2) is 76.3 Å². The Morgan fingerprint density at radius 1 is 1.12 bits per heavy atom. The average molecular weight is 347 g/mol. The van der Waals surface area contributed by atoms with Crippen LogP contribution in [0.2, 0.25) is 0 Å². The highest BCUT2D eigenvalue weighted by Gasteiger charge is 2.29. The molecule has 4 heterocycles. The topological polar surface area (TPSA) is 72.8 Å². The fourth-order valence-corrected chi connectivity index (χ4v) is 4.22. The summed E-state index contributed by atoms with van der Waals surface area (Å²) >= 11 is 1.58. The normalized spacial score (nSPS) is 22.2. The molecule has 2 aliphatic rings. The molecule has 0 radical (unpaired) electrons. The van der Waals surface area contributed by atoms with E-state index in [9.17, 15) is 9.90 Å². The van der Waals surface area contributed by atoms with Crippen molar-refractivity contribution >= 4 is 33.4 Å². The number of β-amino-alcohol motifs (C(OH)–C–C–N with tert-alkyl or cyclic N) is 1. The van der Waals surface area contributed by atoms with Crippen molar-refractivity contribution in [3.63, 3.8) is 0 Å². The van der Waals surface area contributed by atoms with Crippen molar-refractivity contribution in [3.05, 3.63) is 17.8 Å². The summed E-state index contributed by atoms with van der Waals surface area (Å²) < 4.78 is 0. The number of fused-ring (bicyclic) bond motifs is 1. The molecule has 1 atom stereocenters. The second kappa shape index (κ2) is 6.52. The molecule has 24 heavy (non-hydrogen) atoms. The molecule has 2 amide bonds. The number of thiophene rings is 1. The van der Waals surface area contributed by atoms with Gasteiger partial charge >= 0.3 is 6.03 Å². The maximum atomic E-state index is 12.6. The Hall–Kier alpha value is -1.93. The number of likely N-dealkylation sites (tertiary alicyclic amines) is 1. The molecule has 4 rings (SSSR count). The predicted molar refractivity (Wildman–Crippen MR) is 93.4 cm³/mol. The Balaban J connectivity index is 1.53. The molecule has 0 saturated carbocycles. The van der Waals surface area contributed by atoms with E-state index in [1.54, 1.807) is 22.6 Å². The quantitative estimate of drug-likeness (QED) is 0.844. The van der Waals surface area contributed by atoms with Gasteiger partial charge < -0.3 is 19.8 Å². The summed E-state index contributed by atoms with van der Waals surface area (Å²) in [6, 6.07) is 2.07. The number of hydrogen-bond acceptors (Lipinski definition) is 6. The van der Waals surface area contributed by atoms with E-state index >= 15 is 0 Å². The van der Waals surface area contributed by atoms with Gasteiger partial charge in [0.25, 0.3) is 0 Å². The third-order valence-corrected chi connectivity index (χ3v) is 5.51. The van der Waals surface area contributed by atoms with Crippen molar-refractivity contribution < 1.29 is 9.90 Å². The van der Waals surface area contributed by atoms with Gasteiger partial charge in [-0.3, -0.25) is 0 Å². The van der Waals surface area contributed by atoms with Crippen LogP contribution in [0.25, 0.3) is 10.2 Å². The minimum Gasteiger partial charge on any atom is -0.389 e. The molecule has 128 valence electrons. The van der Waals surface area contributed by atoms with E-state index in [0.29, 0.717) is 26.2 Å². The number of aromatic nitrogens is 2. The molecule has 0 bridgehead atoms. The molecule has 0 spiro atoms. The Labute approximate surface area is 144 Å². The second-order valence-corrected chi connectivity index (χ2v) is 7.25. The lowest BCUT2D eigenvalue weighted by Crippen LogP contribution is -2.45. The fraction of sp³-hybridized carbons (Fsp3) is 0.562. The van der Waals surface area contributed by atoms with Crippen molar-refractivity contribution in [2.75, 3.05) is 44.2 Å². The summed E-state index contributed by atoms with van der Waals surface area (Å²) in [7, 11) is 0. The molecule has 0 aromatic carbocycles. The summed E-state index contributed by atoms with van der Waals surface area (Å²) in [5.41, 5.74) is 0. The lowest BCUT2D eigenvalue weighted by molar-refractivity contribution is 0.121. The molecule has 1 N–H and O–H groups in total. The third-order valence-electron chi connectivity index (χ3n) is 4.69. The van der Waals surface area contributed by atoms with Crippen molar-refractivity contribution in [1.29, 1.82) is 0 Å². The van der Waals surface area contributed by atoms with Crippen LogP contribution in [-0.2, 0) is 0 Å². The zero-order valence-electron chi connectivity index (χ0n) is 13.5. The van der Waals surface area contributed by atoms with E-state index in [4.69, 9.17) is 0 Å². The van der Waals surface area contributed by atoms with Crippen LogP contribution in [0.5, 0.6) is 0 Å². The highest BCUT2D eigenvalue weighted by molar-refractivity contribution is 7.16. The Morgan fingerprint density at radius 2 is 1.96 bits per heavy atom. The first kappa shape index (κ1) is 15.6. The Kier molecular flexibility index (Phi) is 4.24. The van der Waals surface area contributed by atoms with Crippen LogP contribution >= 0.6 is 11.3 Å². The number of rotatable bonds is 1. The van der Waals surface area contributed by atoms with Crippen molar-refractivity contribution in [2.24, 2.45) is 0 Å². The molecular formula is C16H21N5O2S. The monoisotopic (exact) mass is 347 g/mol. The number of nitrogens with zero attached hydrogens (tertiary/aromatic N) is 5. The number of amides is 2. The van der Waals surface area contributed by atoms with Gasteiger partial charge in [0.2, 0.25) is 0 Å².